The normalized spacial score (nSPS) is 25.1. The van der Waals surface area contributed by atoms with Gasteiger partial charge in [-0.2, -0.15) is 0 Å². The molecule has 1 aliphatic heterocycles. The van der Waals surface area contributed by atoms with Gasteiger partial charge in [-0.1, -0.05) is 0 Å². The van der Waals surface area contributed by atoms with Gasteiger partial charge in [0.25, 0.3) is 5.91 Å². The van der Waals surface area contributed by atoms with Gasteiger partial charge < -0.3 is 15.4 Å². The van der Waals surface area contributed by atoms with Gasteiger partial charge in [-0.05, 0) is 19.1 Å². The second-order valence-corrected chi connectivity index (χ2v) is 3.95. The molecule has 2 N–H and O–H groups in total. The first kappa shape index (κ1) is 11.0. The average Bonchev–Trinajstić information content (AvgIpc) is 2.30. The third-order valence-corrected chi connectivity index (χ3v) is 2.48. The quantitative estimate of drug-likeness (QED) is 0.746. The maximum atomic E-state index is 11.9. The summed E-state index contributed by atoms with van der Waals surface area (Å²) >= 11 is 0. The molecule has 0 spiro atoms. The lowest BCUT2D eigenvalue weighted by molar-refractivity contribution is -0.0690. The van der Waals surface area contributed by atoms with Crippen molar-refractivity contribution in [2.24, 2.45) is 0 Å². The first-order valence-electron chi connectivity index (χ1n) is 5.27. The van der Waals surface area contributed by atoms with Crippen LogP contribution in [0.1, 0.15) is 17.3 Å². The van der Waals surface area contributed by atoms with Crippen molar-refractivity contribution in [2.45, 2.75) is 12.6 Å². The molecule has 1 aromatic rings. The van der Waals surface area contributed by atoms with Crippen LogP contribution in [0.15, 0.2) is 24.5 Å². The van der Waals surface area contributed by atoms with E-state index in [1.54, 1.807) is 24.5 Å². The molecule has 2 heterocycles. The van der Waals surface area contributed by atoms with Gasteiger partial charge in [-0.25, -0.2) is 0 Å². The van der Waals surface area contributed by atoms with E-state index in [-0.39, 0.29) is 5.91 Å². The first-order chi connectivity index (χ1) is 7.70. The Kier molecular flexibility index (Phi) is 3.17. The zero-order chi connectivity index (χ0) is 11.4. The highest BCUT2D eigenvalue weighted by atomic mass is 16.5. The predicted octanol–water partition coefficient (Wildman–Crippen LogP) is 0.147. The molecule has 0 aromatic carbocycles. The minimum Gasteiger partial charge on any atom is -0.353 e. The molecule has 1 amide bonds. The smallest absolute Gasteiger partial charge is 0.253 e. The van der Waals surface area contributed by atoms with Gasteiger partial charge >= 0.3 is 0 Å². The minimum absolute atomic E-state index is 0.145. The standard InChI is InChI=1S/C11H15N3O2/c1-11(8-13-6-7-16-11)14-10(15)9-2-4-12-5-3-9/h2-5,13H,6-8H2,1H3,(H,14,15). The molecule has 1 aliphatic rings. The molecule has 16 heavy (non-hydrogen) atoms. The van der Waals surface area contributed by atoms with Crippen LogP contribution >= 0.6 is 0 Å². The van der Waals surface area contributed by atoms with Crippen molar-refractivity contribution < 1.29 is 9.53 Å². The van der Waals surface area contributed by atoms with Crippen LogP contribution in [-0.4, -0.2) is 36.3 Å². The Morgan fingerprint density at radius 3 is 2.94 bits per heavy atom. The molecule has 0 radical (unpaired) electrons. The van der Waals surface area contributed by atoms with Gasteiger partial charge in [-0.3, -0.25) is 9.78 Å². The summed E-state index contributed by atoms with van der Waals surface area (Å²) < 4.78 is 5.55. The van der Waals surface area contributed by atoms with E-state index in [1.807, 2.05) is 6.92 Å². The van der Waals surface area contributed by atoms with E-state index in [9.17, 15) is 4.79 Å². The number of aromatic nitrogens is 1. The zero-order valence-corrected chi connectivity index (χ0v) is 9.19. The maximum Gasteiger partial charge on any atom is 0.253 e. The molecule has 0 saturated carbocycles. The van der Waals surface area contributed by atoms with Crippen molar-refractivity contribution in [1.82, 2.24) is 15.6 Å². The summed E-state index contributed by atoms with van der Waals surface area (Å²) in [6.07, 6.45) is 3.19. The maximum absolute atomic E-state index is 11.9. The fourth-order valence-corrected chi connectivity index (χ4v) is 1.62. The summed E-state index contributed by atoms with van der Waals surface area (Å²) in [6, 6.07) is 3.35. The monoisotopic (exact) mass is 221 g/mol. The molecule has 1 fully saturated rings. The van der Waals surface area contributed by atoms with Gasteiger partial charge in [0.15, 0.2) is 5.72 Å². The number of morpholine rings is 1. The number of nitrogens with zero attached hydrogens (tertiary/aromatic N) is 1. The van der Waals surface area contributed by atoms with Crippen LogP contribution in [0.25, 0.3) is 0 Å². The van der Waals surface area contributed by atoms with Crippen molar-refractivity contribution in [2.75, 3.05) is 19.7 Å². The predicted molar refractivity (Wildman–Crippen MR) is 58.9 cm³/mol. The average molecular weight is 221 g/mol. The first-order valence-corrected chi connectivity index (χ1v) is 5.27. The summed E-state index contributed by atoms with van der Waals surface area (Å²) in [5.74, 6) is -0.145. The van der Waals surface area contributed by atoms with Crippen LogP contribution in [-0.2, 0) is 4.74 Å². The Morgan fingerprint density at radius 2 is 2.31 bits per heavy atom. The Balaban J connectivity index is 2.01. The number of hydrogen-bond donors (Lipinski definition) is 2. The lowest BCUT2D eigenvalue weighted by Gasteiger charge is -2.35. The summed E-state index contributed by atoms with van der Waals surface area (Å²) in [5, 5.41) is 6.04. The van der Waals surface area contributed by atoms with Crippen molar-refractivity contribution in [3.05, 3.63) is 30.1 Å². The summed E-state index contributed by atoms with van der Waals surface area (Å²) in [5.41, 5.74) is -0.0381. The van der Waals surface area contributed by atoms with Crippen LogP contribution in [0, 0.1) is 0 Å². The SMILES string of the molecule is CC1(NC(=O)c2ccncc2)CNCCO1. The van der Waals surface area contributed by atoms with E-state index < -0.39 is 5.72 Å². The Bertz CT molecular complexity index is 361. The van der Waals surface area contributed by atoms with E-state index in [4.69, 9.17) is 4.74 Å². The molecule has 1 atom stereocenters. The molecule has 2 rings (SSSR count). The summed E-state index contributed by atoms with van der Waals surface area (Å²) in [4.78, 5) is 15.7. The Morgan fingerprint density at radius 1 is 1.56 bits per heavy atom. The van der Waals surface area contributed by atoms with Crippen LogP contribution in [0.3, 0.4) is 0 Å². The Labute approximate surface area is 94.2 Å². The number of nitrogens with one attached hydrogen (secondary N) is 2. The third kappa shape index (κ3) is 2.56. The summed E-state index contributed by atoms with van der Waals surface area (Å²) in [6.45, 7) is 3.90. The lowest BCUT2D eigenvalue weighted by atomic mass is 10.2. The highest BCUT2D eigenvalue weighted by Crippen LogP contribution is 2.09. The van der Waals surface area contributed by atoms with Crippen molar-refractivity contribution in [1.29, 1.82) is 0 Å². The topological polar surface area (TPSA) is 63.2 Å². The molecular weight excluding hydrogens is 206 g/mol. The van der Waals surface area contributed by atoms with Crippen molar-refractivity contribution in [3.8, 4) is 0 Å². The van der Waals surface area contributed by atoms with Crippen molar-refractivity contribution in [3.63, 3.8) is 0 Å². The van der Waals surface area contributed by atoms with Crippen LogP contribution in [0.2, 0.25) is 0 Å². The number of carbonyl (C=O) groups is 1. The second kappa shape index (κ2) is 4.59. The van der Waals surface area contributed by atoms with E-state index in [2.05, 4.69) is 15.6 Å². The molecule has 0 aliphatic carbocycles. The second-order valence-electron chi connectivity index (χ2n) is 3.95. The van der Waals surface area contributed by atoms with Gasteiger partial charge in [0.1, 0.15) is 0 Å². The molecule has 5 nitrogen and oxygen atoms in total. The van der Waals surface area contributed by atoms with E-state index in [0.29, 0.717) is 18.7 Å². The minimum atomic E-state index is -0.626. The lowest BCUT2D eigenvalue weighted by Crippen LogP contribution is -2.58. The van der Waals surface area contributed by atoms with E-state index in [1.165, 1.54) is 0 Å². The molecule has 5 heteroatoms. The molecule has 0 bridgehead atoms. The van der Waals surface area contributed by atoms with Gasteiger partial charge in [0, 0.05) is 31.0 Å². The molecule has 86 valence electrons. The van der Waals surface area contributed by atoms with Crippen LogP contribution in [0.5, 0.6) is 0 Å². The Hall–Kier alpha value is -1.46. The van der Waals surface area contributed by atoms with Crippen LogP contribution in [0.4, 0.5) is 0 Å². The molecule has 1 unspecified atom stereocenters. The molecule has 1 aromatic heterocycles. The fraction of sp³-hybridized carbons (Fsp3) is 0.455. The van der Waals surface area contributed by atoms with E-state index in [0.717, 1.165) is 6.54 Å². The third-order valence-electron chi connectivity index (χ3n) is 2.48. The summed E-state index contributed by atoms with van der Waals surface area (Å²) in [7, 11) is 0. The van der Waals surface area contributed by atoms with E-state index >= 15 is 0 Å². The highest BCUT2D eigenvalue weighted by Gasteiger charge is 2.29. The number of ether oxygens (including phenoxy) is 1. The number of amides is 1. The number of carbonyl (C=O) groups excluding carboxylic acids is 1. The number of rotatable bonds is 2. The van der Waals surface area contributed by atoms with Crippen LogP contribution < -0.4 is 10.6 Å². The largest absolute Gasteiger partial charge is 0.353 e. The highest BCUT2D eigenvalue weighted by molar-refractivity contribution is 5.94. The molecule has 1 saturated heterocycles. The number of hydrogen-bond acceptors (Lipinski definition) is 4. The number of pyridine rings is 1. The fourth-order valence-electron chi connectivity index (χ4n) is 1.62. The molecular formula is C11H15N3O2. The van der Waals surface area contributed by atoms with Gasteiger partial charge in [0.2, 0.25) is 0 Å². The van der Waals surface area contributed by atoms with Gasteiger partial charge in [-0.15, -0.1) is 0 Å². The zero-order valence-electron chi connectivity index (χ0n) is 9.19. The van der Waals surface area contributed by atoms with Gasteiger partial charge in [0.05, 0.1) is 6.61 Å². The van der Waals surface area contributed by atoms with Crippen molar-refractivity contribution >= 4 is 5.91 Å².